The molecule has 0 spiro atoms. The summed E-state index contributed by atoms with van der Waals surface area (Å²) < 4.78 is 10.2. The Hall–Kier alpha value is -2.37. The van der Waals surface area contributed by atoms with E-state index < -0.39 is 12.1 Å². The molecule has 2 aromatic rings. The van der Waals surface area contributed by atoms with E-state index in [-0.39, 0.29) is 18.1 Å². The summed E-state index contributed by atoms with van der Waals surface area (Å²) in [7, 11) is 1.48. The van der Waals surface area contributed by atoms with Crippen molar-refractivity contribution in [2.24, 2.45) is 0 Å². The summed E-state index contributed by atoms with van der Waals surface area (Å²) in [6.07, 6.45) is 2.40. The number of benzene rings is 2. The van der Waals surface area contributed by atoms with Gasteiger partial charge < -0.3 is 19.7 Å². The maximum atomic E-state index is 11.2. The number of aliphatic hydroxyl groups excluding tert-OH is 1. The lowest BCUT2D eigenvalue weighted by Crippen LogP contribution is -2.10. The van der Waals surface area contributed by atoms with E-state index in [4.69, 9.17) is 9.47 Å². The predicted molar refractivity (Wildman–Crippen MR) is 95.0 cm³/mol. The molecule has 0 radical (unpaired) electrons. The van der Waals surface area contributed by atoms with Crippen LogP contribution in [0.15, 0.2) is 48.5 Å². The topological polar surface area (TPSA) is 76.0 Å². The Bertz CT molecular complexity index is 669. The lowest BCUT2D eigenvalue weighted by Gasteiger charge is -2.13. The van der Waals surface area contributed by atoms with E-state index in [0.717, 1.165) is 12.0 Å². The van der Waals surface area contributed by atoms with E-state index in [0.29, 0.717) is 19.3 Å². The summed E-state index contributed by atoms with van der Waals surface area (Å²) in [6.45, 7) is -0.0105. The molecule has 25 heavy (non-hydrogen) atoms. The third-order valence-corrected chi connectivity index (χ3v) is 3.98. The number of ether oxygens (including phenoxy) is 2. The van der Waals surface area contributed by atoms with Gasteiger partial charge in [0, 0.05) is 7.11 Å². The van der Waals surface area contributed by atoms with Crippen LogP contribution in [0.3, 0.4) is 0 Å². The number of methoxy groups -OCH3 is 1. The van der Waals surface area contributed by atoms with Gasteiger partial charge in [-0.05, 0) is 48.9 Å². The second-order valence-corrected chi connectivity index (χ2v) is 5.90. The molecule has 5 heteroatoms. The number of hydrogen-bond donors (Lipinski definition) is 2. The summed E-state index contributed by atoms with van der Waals surface area (Å²) in [5.41, 5.74) is 2.24. The van der Waals surface area contributed by atoms with Crippen LogP contribution in [0.5, 0.6) is 5.75 Å². The zero-order chi connectivity index (χ0) is 18.1. The molecule has 2 N–H and O–H groups in total. The third kappa shape index (κ3) is 6.21. The van der Waals surface area contributed by atoms with Crippen LogP contribution in [0.2, 0.25) is 0 Å². The fraction of sp³-hybridized carbons (Fsp3) is 0.350. The number of hydrogen-bond acceptors (Lipinski definition) is 4. The molecule has 0 aliphatic rings. The van der Waals surface area contributed by atoms with E-state index in [1.165, 1.54) is 18.7 Å². The lowest BCUT2D eigenvalue weighted by atomic mass is 10.00. The smallest absolute Gasteiger partial charge is 0.339 e. The molecule has 0 aliphatic heterocycles. The molecule has 0 fully saturated rings. The Labute approximate surface area is 147 Å². The molecular weight excluding hydrogens is 320 g/mol. The molecule has 0 aromatic heterocycles. The summed E-state index contributed by atoms with van der Waals surface area (Å²) in [5, 5.41) is 19.4. The number of carbonyl (C=O) groups is 1. The van der Waals surface area contributed by atoms with Gasteiger partial charge in [-0.2, -0.15) is 0 Å². The first-order chi connectivity index (χ1) is 12.1. The first-order valence-electron chi connectivity index (χ1n) is 8.30. The van der Waals surface area contributed by atoms with Crippen LogP contribution >= 0.6 is 0 Å². The maximum absolute atomic E-state index is 11.2. The quantitative estimate of drug-likeness (QED) is 0.647. The van der Waals surface area contributed by atoms with Crippen LogP contribution in [-0.4, -0.2) is 36.2 Å². The van der Waals surface area contributed by atoms with Gasteiger partial charge in [-0.15, -0.1) is 0 Å². The number of aliphatic hydroxyl groups is 1. The van der Waals surface area contributed by atoms with Gasteiger partial charge in [-0.25, -0.2) is 4.79 Å². The van der Waals surface area contributed by atoms with Crippen molar-refractivity contribution in [1.29, 1.82) is 0 Å². The van der Waals surface area contributed by atoms with E-state index in [1.54, 1.807) is 12.1 Å². The molecule has 1 unspecified atom stereocenters. The zero-order valence-corrected chi connectivity index (χ0v) is 14.4. The van der Waals surface area contributed by atoms with E-state index in [2.05, 4.69) is 12.1 Å². The van der Waals surface area contributed by atoms with Crippen LogP contribution in [0.4, 0.5) is 0 Å². The summed E-state index contributed by atoms with van der Waals surface area (Å²) in [6, 6.07) is 15.1. The largest absolute Gasteiger partial charge is 0.478 e. The molecule has 0 saturated heterocycles. The molecule has 134 valence electrons. The number of rotatable bonds is 10. The molecule has 2 rings (SSSR count). The highest BCUT2D eigenvalue weighted by Crippen LogP contribution is 2.22. The Kier molecular flexibility index (Phi) is 7.44. The average molecular weight is 344 g/mol. The monoisotopic (exact) mass is 344 g/mol. The van der Waals surface area contributed by atoms with Crippen molar-refractivity contribution in [3.63, 3.8) is 0 Å². The predicted octanol–water partition coefficient (Wildman–Crippen LogP) is 3.29. The van der Waals surface area contributed by atoms with Gasteiger partial charge in [0.2, 0.25) is 0 Å². The van der Waals surface area contributed by atoms with E-state index in [9.17, 15) is 15.0 Å². The Morgan fingerprint density at radius 2 is 1.72 bits per heavy atom. The standard InChI is InChI=1S/C20H24O5/c1-24-14-25-19-13-16(9-12-18(19)20(22)23)8-11-17(21)10-7-15-5-3-2-4-6-15/h2-6,9,12-13,17,21H,7-8,10-11,14H2,1H3,(H,22,23). The average Bonchev–Trinajstić information content (AvgIpc) is 2.63. The minimum Gasteiger partial charge on any atom is -0.478 e. The summed E-state index contributed by atoms with van der Waals surface area (Å²) in [4.78, 5) is 11.2. The number of aromatic carboxylic acids is 1. The molecule has 0 aliphatic carbocycles. The van der Waals surface area contributed by atoms with Crippen molar-refractivity contribution in [1.82, 2.24) is 0 Å². The van der Waals surface area contributed by atoms with Crippen LogP contribution in [0.25, 0.3) is 0 Å². The molecule has 0 saturated carbocycles. The number of carboxylic acids is 1. The molecular formula is C20H24O5. The van der Waals surface area contributed by atoms with Crippen molar-refractivity contribution in [2.45, 2.75) is 31.8 Å². The Morgan fingerprint density at radius 1 is 1.04 bits per heavy atom. The van der Waals surface area contributed by atoms with E-state index >= 15 is 0 Å². The van der Waals surface area contributed by atoms with Crippen molar-refractivity contribution in [3.8, 4) is 5.75 Å². The van der Waals surface area contributed by atoms with E-state index in [1.807, 2.05) is 18.2 Å². The molecule has 2 aromatic carbocycles. The number of aryl methyl sites for hydroxylation is 2. The minimum atomic E-state index is -1.04. The second-order valence-electron chi connectivity index (χ2n) is 5.90. The molecule has 0 amide bonds. The minimum absolute atomic E-state index is 0.0105. The fourth-order valence-corrected chi connectivity index (χ4v) is 2.60. The second kappa shape index (κ2) is 9.81. The van der Waals surface area contributed by atoms with Crippen LogP contribution in [0, 0.1) is 0 Å². The van der Waals surface area contributed by atoms with Gasteiger partial charge in [0.25, 0.3) is 0 Å². The molecule has 5 nitrogen and oxygen atoms in total. The van der Waals surface area contributed by atoms with Crippen molar-refractivity contribution in [3.05, 3.63) is 65.2 Å². The zero-order valence-electron chi connectivity index (χ0n) is 14.4. The first-order valence-corrected chi connectivity index (χ1v) is 8.30. The number of carboxylic acid groups (broad SMARTS) is 1. The van der Waals surface area contributed by atoms with Crippen molar-refractivity contribution < 1.29 is 24.5 Å². The molecule has 0 heterocycles. The summed E-state index contributed by atoms with van der Waals surface area (Å²) in [5.74, 6) is -0.758. The van der Waals surface area contributed by atoms with Crippen LogP contribution in [0.1, 0.15) is 34.3 Å². The lowest BCUT2D eigenvalue weighted by molar-refractivity contribution is 0.0483. The van der Waals surface area contributed by atoms with Gasteiger partial charge in [0.05, 0.1) is 6.10 Å². The normalized spacial score (nSPS) is 11.9. The highest BCUT2D eigenvalue weighted by atomic mass is 16.7. The van der Waals surface area contributed by atoms with Gasteiger partial charge >= 0.3 is 5.97 Å². The van der Waals surface area contributed by atoms with Gasteiger partial charge in [-0.1, -0.05) is 36.4 Å². The highest BCUT2D eigenvalue weighted by Gasteiger charge is 2.13. The van der Waals surface area contributed by atoms with Gasteiger partial charge in [-0.3, -0.25) is 0 Å². The Balaban J connectivity index is 1.89. The fourth-order valence-electron chi connectivity index (χ4n) is 2.60. The Morgan fingerprint density at radius 3 is 2.36 bits per heavy atom. The molecule has 1 atom stereocenters. The van der Waals surface area contributed by atoms with Crippen LogP contribution < -0.4 is 4.74 Å². The molecule has 0 bridgehead atoms. The summed E-state index contributed by atoms with van der Waals surface area (Å²) >= 11 is 0. The van der Waals surface area contributed by atoms with Gasteiger partial charge in [0.15, 0.2) is 6.79 Å². The van der Waals surface area contributed by atoms with Crippen molar-refractivity contribution >= 4 is 5.97 Å². The first kappa shape index (κ1) is 19.0. The van der Waals surface area contributed by atoms with Crippen LogP contribution in [-0.2, 0) is 17.6 Å². The SMILES string of the molecule is COCOc1cc(CCC(O)CCc2ccccc2)ccc1C(=O)O. The van der Waals surface area contributed by atoms with Crippen molar-refractivity contribution in [2.75, 3.05) is 13.9 Å². The third-order valence-electron chi connectivity index (χ3n) is 3.98. The van der Waals surface area contributed by atoms with Gasteiger partial charge in [0.1, 0.15) is 11.3 Å². The highest BCUT2D eigenvalue weighted by molar-refractivity contribution is 5.90. The maximum Gasteiger partial charge on any atom is 0.339 e.